The molecule has 2 aromatic rings. The highest BCUT2D eigenvalue weighted by atomic mass is 19.4. The summed E-state index contributed by atoms with van der Waals surface area (Å²) in [7, 11) is 1.58. The molecule has 2 aromatic carbocycles. The van der Waals surface area contributed by atoms with Crippen LogP contribution < -0.4 is 15.8 Å². The number of alkyl halides is 3. The first-order valence-electron chi connectivity index (χ1n) is 8.26. The number of anilines is 1. The molecule has 0 amide bonds. The number of nitrogens with two attached hydrogens (primary N) is 1. The quantitative estimate of drug-likeness (QED) is 0.626. The molecule has 1 aliphatic rings. The molecule has 0 heterocycles. The minimum Gasteiger partial charge on any atom is -0.497 e. The van der Waals surface area contributed by atoms with Crippen molar-refractivity contribution in [2.24, 2.45) is 10.7 Å². The Morgan fingerprint density at radius 1 is 1.15 bits per heavy atom. The highest BCUT2D eigenvalue weighted by Gasteiger charge is 2.34. The van der Waals surface area contributed by atoms with Gasteiger partial charge in [-0.3, -0.25) is 0 Å². The van der Waals surface area contributed by atoms with E-state index in [0.29, 0.717) is 24.2 Å². The number of guanidine groups is 1. The molecule has 0 atom stereocenters. The van der Waals surface area contributed by atoms with E-state index in [2.05, 4.69) is 10.3 Å². The van der Waals surface area contributed by atoms with E-state index in [-0.39, 0.29) is 17.9 Å². The predicted molar refractivity (Wildman–Crippen MR) is 95.4 cm³/mol. The van der Waals surface area contributed by atoms with Crippen LogP contribution in [0.25, 0.3) is 0 Å². The van der Waals surface area contributed by atoms with Gasteiger partial charge in [0.25, 0.3) is 0 Å². The second kappa shape index (κ2) is 7.27. The lowest BCUT2D eigenvalue weighted by molar-refractivity contribution is -0.137. The Bertz CT molecular complexity index is 799. The van der Waals surface area contributed by atoms with Crippen LogP contribution in [0, 0.1) is 0 Å². The maximum Gasteiger partial charge on any atom is 0.416 e. The number of aliphatic imine (C=N–C) groups is 1. The van der Waals surface area contributed by atoms with Crippen LogP contribution in [-0.2, 0) is 6.18 Å². The third-order valence-electron chi connectivity index (χ3n) is 4.46. The smallest absolute Gasteiger partial charge is 0.416 e. The van der Waals surface area contributed by atoms with Gasteiger partial charge in [-0.2, -0.15) is 13.2 Å². The van der Waals surface area contributed by atoms with E-state index in [0.717, 1.165) is 11.8 Å². The number of hydrogen-bond acceptors (Lipinski definition) is 2. The Morgan fingerprint density at radius 3 is 2.58 bits per heavy atom. The summed E-state index contributed by atoms with van der Waals surface area (Å²) in [5, 5.41) is 3.00. The Hall–Kier alpha value is -2.70. The number of benzene rings is 2. The van der Waals surface area contributed by atoms with Crippen molar-refractivity contribution in [1.29, 1.82) is 0 Å². The fraction of sp³-hybridized carbons (Fsp3) is 0.316. The highest BCUT2D eigenvalue weighted by molar-refractivity contribution is 5.92. The Morgan fingerprint density at radius 2 is 1.88 bits per heavy atom. The van der Waals surface area contributed by atoms with Gasteiger partial charge in [0.05, 0.1) is 18.7 Å². The molecule has 1 saturated carbocycles. The molecule has 0 aromatic heterocycles. The second-order valence-electron chi connectivity index (χ2n) is 6.32. The normalized spacial score (nSPS) is 20.4. The van der Waals surface area contributed by atoms with Gasteiger partial charge >= 0.3 is 6.18 Å². The number of halogens is 3. The lowest BCUT2D eigenvalue weighted by atomic mass is 9.76. The number of hydrogen-bond donors (Lipinski definition) is 2. The number of nitrogens with zero attached hydrogens (tertiary/aromatic N) is 1. The van der Waals surface area contributed by atoms with Crippen LogP contribution in [0.2, 0.25) is 0 Å². The molecule has 7 heteroatoms. The second-order valence-corrected chi connectivity index (χ2v) is 6.32. The van der Waals surface area contributed by atoms with Crippen molar-refractivity contribution in [3.63, 3.8) is 0 Å². The first kappa shape index (κ1) is 18.1. The van der Waals surface area contributed by atoms with E-state index < -0.39 is 11.7 Å². The van der Waals surface area contributed by atoms with Gasteiger partial charge in [-0.1, -0.05) is 24.3 Å². The molecule has 0 unspecified atom stereocenters. The topological polar surface area (TPSA) is 59.6 Å². The van der Waals surface area contributed by atoms with Crippen LogP contribution in [0.1, 0.15) is 29.9 Å². The lowest BCUT2D eigenvalue weighted by Crippen LogP contribution is -2.31. The minimum absolute atomic E-state index is 0.00708. The Balaban J connectivity index is 1.58. The van der Waals surface area contributed by atoms with Gasteiger partial charge in [0.15, 0.2) is 5.96 Å². The molecule has 1 aliphatic carbocycles. The molecule has 3 rings (SSSR count). The summed E-state index contributed by atoms with van der Waals surface area (Å²) in [5.41, 5.74) is 6.78. The fourth-order valence-electron chi connectivity index (χ4n) is 3.01. The van der Waals surface area contributed by atoms with Gasteiger partial charge < -0.3 is 15.8 Å². The minimum atomic E-state index is -4.32. The molecule has 138 valence electrons. The highest BCUT2D eigenvalue weighted by Crippen LogP contribution is 2.40. The molecular weight excluding hydrogens is 343 g/mol. The maximum absolute atomic E-state index is 12.8. The summed E-state index contributed by atoms with van der Waals surface area (Å²) in [6, 6.07) is 12.8. The van der Waals surface area contributed by atoms with Gasteiger partial charge in [-0.15, -0.1) is 0 Å². The molecule has 1 fully saturated rings. The zero-order valence-corrected chi connectivity index (χ0v) is 14.3. The summed E-state index contributed by atoms with van der Waals surface area (Å²) in [5.74, 6) is 1.07. The zero-order valence-electron chi connectivity index (χ0n) is 14.3. The summed E-state index contributed by atoms with van der Waals surface area (Å²) in [6.07, 6.45) is -2.95. The van der Waals surface area contributed by atoms with Crippen molar-refractivity contribution in [1.82, 2.24) is 0 Å². The predicted octanol–water partition coefficient (Wildman–Crippen LogP) is 4.39. The number of ether oxygens (including phenoxy) is 1. The average Bonchev–Trinajstić information content (AvgIpc) is 2.57. The van der Waals surface area contributed by atoms with Crippen LogP contribution >= 0.6 is 0 Å². The van der Waals surface area contributed by atoms with E-state index >= 15 is 0 Å². The van der Waals surface area contributed by atoms with Crippen LogP contribution in [0.15, 0.2) is 53.5 Å². The van der Waals surface area contributed by atoms with Gasteiger partial charge in [0.2, 0.25) is 0 Å². The van der Waals surface area contributed by atoms with Crippen molar-refractivity contribution in [3.05, 3.63) is 59.7 Å². The molecule has 0 aliphatic heterocycles. The van der Waals surface area contributed by atoms with Gasteiger partial charge in [-0.05, 0) is 42.5 Å². The van der Waals surface area contributed by atoms with E-state index in [9.17, 15) is 13.2 Å². The summed E-state index contributed by atoms with van der Waals surface area (Å²) >= 11 is 0. The van der Waals surface area contributed by atoms with Crippen LogP contribution in [0.4, 0.5) is 18.9 Å². The molecular formula is C19H20F3N3O. The summed E-state index contributed by atoms with van der Waals surface area (Å²) in [4.78, 5) is 4.40. The first-order valence-corrected chi connectivity index (χ1v) is 8.26. The van der Waals surface area contributed by atoms with Crippen LogP contribution in [0.5, 0.6) is 5.75 Å². The van der Waals surface area contributed by atoms with Crippen LogP contribution in [-0.4, -0.2) is 19.1 Å². The molecule has 4 nitrogen and oxygen atoms in total. The molecule has 0 saturated heterocycles. The summed E-state index contributed by atoms with van der Waals surface area (Å²) in [6.45, 7) is 0. The first-order chi connectivity index (χ1) is 12.3. The largest absolute Gasteiger partial charge is 0.497 e. The van der Waals surface area contributed by atoms with E-state index in [4.69, 9.17) is 10.5 Å². The Labute approximate surface area is 149 Å². The van der Waals surface area contributed by atoms with E-state index in [1.807, 2.05) is 18.2 Å². The van der Waals surface area contributed by atoms with Crippen molar-refractivity contribution < 1.29 is 17.9 Å². The zero-order chi connectivity index (χ0) is 18.7. The van der Waals surface area contributed by atoms with Gasteiger partial charge in [-0.25, -0.2) is 4.99 Å². The van der Waals surface area contributed by atoms with Gasteiger partial charge in [0.1, 0.15) is 5.75 Å². The number of methoxy groups -OCH3 is 1. The molecule has 3 N–H and O–H groups in total. The van der Waals surface area contributed by atoms with Crippen molar-refractivity contribution in [3.8, 4) is 5.75 Å². The molecule has 0 spiro atoms. The van der Waals surface area contributed by atoms with Crippen molar-refractivity contribution in [2.75, 3.05) is 12.4 Å². The van der Waals surface area contributed by atoms with E-state index in [1.165, 1.54) is 12.1 Å². The molecule has 26 heavy (non-hydrogen) atoms. The monoisotopic (exact) mass is 363 g/mol. The summed E-state index contributed by atoms with van der Waals surface area (Å²) < 4.78 is 43.6. The standard InChI is InChI=1S/C19H20F3N3O/c1-26-17-7-3-6-15(11-17)24-18(23)25-16-9-13(10-16)12-4-2-5-14(8-12)19(20,21)22/h2-8,11,13,16H,9-10H2,1H3,(H3,23,24,25). The van der Waals surface area contributed by atoms with Gasteiger partial charge in [0, 0.05) is 11.8 Å². The molecule has 0 bridgehead atoms. The third kappa shape index (κ3) is 4.28. The average molecular weight is 363 g/mol. The lowest BCUT2D eigenvalue weighted by Gasteiger charge is -2.33. The fourth-order valence-corrected chi connectivity index (χ4v) is 3.01. The Kier molecular flexibility index (Phi) is 5.06. The van der Waals surface area contributed by atoms with Crippen molar-refractivity contribution in [2.45, 2.75) is 31.0 Å². The van der Waals surface area contributed by atoms with Crippen molar-refractivity contribution >= 4 is 11.6 Å². The number of nitrogens with one attached hydrogen (secondary N) is 1. The maximum atomic E-state index is 12.8. The number of rotatable bonds is 4. The third-order valence-corrected chi connectivity index (χ3v) is 4.46. The SMILES string of the molecule is COc1cccc(NC(N)=NC2CC(c3cccc(C(F)(F)F)c3)C2)c1. The molecule has 0 radical (unpaired) electrons. The van der Waals surface area contributed by atoms with Crippen LogP contribution in [0.3, 0.4) is 0 Å². The van der Waals surface area contributed by atoms with E-state index in [1.54, 1.807) is 19.2 Å².